The van der Waals surface area contributed by atoms with Gasteiger partial charge in [0.25, 0.3) is 0 Å². The van der Waals surface area contributed by atoms with E-state index >= 15 is 0 Å². The molecule has 40 heteroatoms. The second kappa shape index (κ2) is 46.2. The maximum Gasteiger partial charge on any atom is 1.00 e. The molecule has 32 nitrogen and oxygen atoms in total. The molecular weight excluding hydrogens is 1160 g/mol. The van der Waals surface area contributed by atoms with E-state index < -0.39 is 121 Å². The number of halogens is 1. The molecule has 0 bridgehead atoms. The molecule has 6 rings (SSSR count). The number of carbonyl (C=O) groups is 7. The average Bonchev–Trinajstić information content (AvgIpc) is 3.81. The maximum absolute atomic E-state index is 12.1. The van der Waals surface area contributed by atoms with E-state index in [4.69, 9.17) is 34.7 Å². The second-order valence-corrected chi connectivity index (χ2v) is 21.1. The van der Waals surface area contributed by atoms with Crippen LogP contribution >= 0.6 is 0 Å². The summed E-state index contributed by atoms with van der Waals surface area (Å²) in [5, 5.41) is 86.9. The fourth-order valence-corrected chi connectivity index (χ4v) is 10.7. The Kier molecular flexibility index (Phi) is 46.3. The third kappa shape index (κ3) is 27.9. The molecule has 1 unspecified atom stereocenters. The fraction of sp³-hybridized carbons (Fsp3) is 0.854. The van der Waals surface area contributed by atoms with Crippen LogP contribution in [0.15, 0.2) is 5.11 Å². The molecule has 6 heterocycles. The third-order valence-electron chi connectivity index (χ3n) is 14.8. The van der Waals surface area contributed by atoms with Crippen LogP contribution in [0.4, 0.5) is 4.48 Å². The van der Waals surface area contributed by atoms with Gasteiger partial charge in [-0.1, -0.05) is 19.0 Å². The molecular formula is C48H96B6FLiN10O22. The number of ketones is 1. The molecule has 6 saturated heterocycles. The maximum atomic E-state index is 12.1. The fourth-order valence-electron chi connectivity index (χ4n) is 10.7. The summed E-state index contributed by atoms with van der Waals surface area (Å²) in [5.41, 5.74) is 9.85. The summed E-state index contributed by atoms with van der Waals surface area (Å²) >= 11 is 0. The Hall–Kier alpha value is -3.92. The van der Waals surface area contributed by atoms with Gasteiger partial charge < -0.3 is 98.7 Å². The van der Waals surface area contributed by atoms with Crippen molar-refractivity contribution >= 4 is 83.9 Å². The van der Waals surface area contributed by atoms with Crippen LogP contribution in [0.3, 0.4) is 0 Å². The quantitative estimate of drug-likeness (QED) is 0.00900. The first-order valence-electron chi connectivity index (χ1n) is 29.1. The Morgan fingerprint density at radius 1 is 0.557 bits per heavy atom. The number of rotatable bonds is 18. The first-order chi connectivity index (χ1) is 40.4. The topological polar surface area (TPSA) is 458 Å². The van der Waals surface area contributed by atoms with Gasteiger partial charge in [-0.15, -0.1) is 4.48 Å². The van der Waals surface area contributed by atoms with Crippen molar-refractivity contribution in [3.8, 4) is 0 Å². The molecule has 0 spiro atoms. The number of azide groups is 1. The monoisotopic (exact) mass is 1260 g/mol. The van der Waals surface area contributed by atoms with Crippen LogP contribution in [0.2, 0.25) is 40.9 Å². The summed E-state index contributed by atoms with van der Waals surface area (Å²) in [6.45, 7) is 24.7. The van der Waals surface area contributed by atoms with Crippen LogP contribution in [0.5, 0.6) is 0 Å². The van der Waals surface area contributed by atoms with Gasteiger partial charge in [0.05, 0.1) is 44.6 Å². The van der Waals surface area contributed by atoms with E-state index in [9.17, 15) is 73.3 Å². The number of ether oxygens (including phenoxy) is 5. The smallest absolute Gasteiger partial charge is 0.870 e. The second-order valence-electron chi connectivity index (χ2n) is 21.1. The zero-order chi connectivity index (χ0) is 66.3. The van der Waals surface area contributed by atoms with Crippen molar-refractivity contribution in [1.82, 2.24) is 34.4 Å². The number of hydrogen-bond donors (Lipinski definition) is 10. The van der Waals surface area contributed by atoms with Gasteiger partial charge in [0.2, 0.25) is 0 Å². The first-order valence-corrected chi connectivity index (χ1v) is 29.1. The van der Waals surface area contributed by atoms with Crippen molar-refractivity contribution in [3.05, 3.63) is 10.4 Å². The molecule has 0 aliphatic carbocycles. The molecule has 6 fully saturated rings. The van der Waals surface area contributed by atoms with Crippen molar-refractivity contribution in [1.29, 1.82) is 0 Å². The molecule has 0 aromatic heterocycles. The molecule has 0 saturated carbocycles. The largest absolute Gasteiger partial charge is 1.00 e. The number of aliphatic hydroxyl groups excluding tert-OH is 1. The van der Waals surface area contributed by atoms with Crippen molar-refractivity contribution in [2.45, 2.75) is 175 Å². The van der Waals surface area contributed by atoms with Crippen LogP contribution in [0.25, 0.3) is 10.4 Å². The number of carboxylic acid groups (broad SMARTS) is 2. The Bertz CT molecular complexity index is 2070. The van der Waals surface area contributed by atoms with Crippen molar-refractivity contribution in [3.63, 3.8) is 0 Å². The Labute approximate surface area is 530 Å². The van der Waals surface area contributed by atoms with E-state index in [1.54, 1.807) is 88.5 Å². The number of carbonyl (C=O) groups excluding carboxylic acids is 5. The standard InChI is InChI=1S/C9H18BNO3.C8H15BN4O3.C8H16BNO4.C8H14BNO4.C7H14BNO3.C6H12BFN2O3.C2H6O.Li.H2O/c1-4-14-9(12)8-7(2)5-6-11(8)10(3)13;1-3-16-8(14)7-6(11-12-10)4-5-13(7)9(2)15;2*1-3-14-8(12)7-6(11)4-5-10(7)9(2)13;1-5-3-4-9(8(2)12)6(5)7(10)11;1-7(13)10-3-2-4(9-8)5(10)6(11)12;1-3-2;;/h7-8,13H,4-6H2,1-3H3;6-7,15H,3-5H2,1-2H3;6-7,11,13H,3-5H2,1-2H3;7,13H,3-5H2,1-2H3;5-6,12H,3-4H2,1-2H3,(H,10,11);4-5,9,13H,2-3H2,1H3,(H,11,12);1-2H3;;1H2/q;;;;;;;+1;/p-1/t7-,8-;6-,7-;6-,7+;;5-,6-;4-,5-;;;/m110.11.../s1. The number of aliphatic hydroxyl groups is 1. The summed E-state index contributed by atoms with van der Waals surface area (Å²) in [6.07, 6.45) is 2.79. The number of carboxylic acids is 2. The van der Waals surface area contributed by atoms with Gasteiger partial charge in [0.15, 0.2) is 11.8 Å². The normalized spacial score (nSPS) is 25.6. The molecule has 6 aliphatic rings. The summed E-state index contributed by atoms with van der Waals surface area (Å²) in [6, 6.07) is -5.24. The minimum Gasteiger partial charge on any atom is -0.870 e. The molecule has 0 amide bonds. The van der Waals surface area contributed by atoms with E-state index in [1.165, 1.54) is 28.8 Å². The number of nitrogens with zero attached hydrogens (tertiary/aromatic N) is 9. The van der Waals surface area contributed by atoms with Gasteiger partial charge in [-0.05, 0) is 157 Å². The summed E-state index contributed by atoms with van der Waals surface area (Å²) in [5.74, 6) is -3.40. The van der Waals surface area contributed by atoms with Gasteiger partial charge in [0, 0.05) is 25.6 Å². The summed E-state index contributed by atoms with van der Waals surface area (Å²) in [4.78, 5) is 91.0. The van der Waals surface area contributed by atoms with Gasteiger partial charge in [-0.2, -0.15) is 5.54 Å². The first kappa shape index (κ1) is 88.3. The zero-order valence-electron chi connectivity index (χ0n) is 53.9. The number of esters is 4. The number of nitrogens with one attached hydrogen (secondary N) is 1. The molecule has 11 N–H and O–H groups in total. The number of Topliss-reactive ketones (excluding diaryl/α,β-unsaturated/α-hetero) is 1. The minimum absolute atomic E-state index is 0. The van der Waals surface area contributed by atoms with Crippen molar-refractivity contribution < 1.29 is 132 Å². The van der Waals surface area contributed by atoms with Crippen LogP contribution in [0.1, 0.15) is 80.1 Å². The Morgan fingerprint density at radius 2 is 0.886 bits per heavy atom. The number of hydrogen-bond acceptors (Lipinski definition) is 28. The average molecular weight is 1260 g/mol. The molecule has 11 atom stereocenters. The van der Waals surface area contributed by atoms with E-state index in [0.717, 1.165) is 19.4 Å². The van der Waals surface area contributed by atoms with Crippen LogP contribution in [-0.4, -0.2) is 298 Å². The van der Waals surface area contributed by atoms with Gasteiger partial charge in [-0.3, -0.25) is 33.6 Å². The molecule has 88 heavy (non-hydrogen) atoms. The number of methoxy groups -OCH3 is 1. The van der Waals surface area contributed by atoms with E-state index in [0.29, 0.717) is 65.0 Å². The SMILES string of the molecule is CB(O)N1CC[C@@H](C)[C@@H]1C(=O)O.CB(O)N1CC[C@@H](NF)[C@@H]1C(=O)O.CCOC(=O)C1C(=O)CCN1B(C)O.CCOC(=O)[C@H]1[C@@H](O)CCN1B(C)O.CCOC(=O)[C@H]1[C@H](C)CCN1B(C)O.CCOC(=O)[C@H]1[C@H](N=[N+]=[N-])CCN1B(C)O.COC.[Li+].[OH-]. The van der Waals surface area contributed by atoms with Crippen LogP contribution < -0.4 is 24.4 Å². The van der Waals surface area contributed by atoms with E-state index in [-0.39, 0.29) is 73.8 Å². The van der Waals surface area contributed by atoms with Crippen molar-refractivity contribution in [2.24, 2.45) is 17.0 Å². The Morgan fingerprint density at radius 3 is 1.27 bits per heavy atom. The van der Waals surface area contributed by atoms with E-state index in [2.05, 4.69) is 14.8 Å². The predicted molar refractivity (Wildman–Crippen MR) is 321 cm³/mol. The molecule has 0 radical (unpaired) electrons. The number of aliphatic carboxylic acids is 2. The predicted octanol–water partition coefficient (Wildman–Crippen LogP) is -4.74. The minimum atomic E-state index is -1.12. The van der Waals surface area contributed by atoms with E-state index in [1.807, 2.05) is 13.8 Å². The van der Waals surface area contributed by atoms with Gasteiger partial charge in [-0.25, -0.2) is 4.79 Å². The van der Waals surface area contributed by atoms with Gasteiger partial charge in [0.1, 0.15) is 30.2 Å². The molecule has 6 aliphatic heterocycles. The third-order valence-corrected chi connectivity index (χ3v) is 14.8. The molecule has 0 aromatic rings. The zero-order valence-corrected chi connectivity index (χ0v) is 53.9. The van der Waals surface area contributed by atoms with Crippen LogP contribution in [-0.2, 0) is 57.2 Å². The van der Waals surface area contributed by atoms with Crippen molar-refractivity contribution in [2.75, 3.05) is 79.9 Å². The van der Waals surface area contributed by atoms with Crippen LogP contribution in [0, 0.1) is 11.8 Å². The summed E-state index contributed by atoms with van der Waals surface area (Å²) < 4.78 is 35.9. The molecule has 496 valence electrons. The van der Waals surface area contributed by atoms with Gasteiger partial charge >= 0.3 is 97.0 Å². The Balaban J connectivity index is -0.000000973. The molecule has 0 aromatic carbocycles. The summed E-state index contributed by atoms with van der Waals surface area (Å²) in [7, 11) is -1.13.